The second-order valence-electron chi connectivity index (χ2n) is 6.10. The lowest BCUT2D eigenvalue weighted by Gasteiger charge is -2.17. The van der Waals surface area contributed by atoms with Gasteiger partial charge in [-0.1, -0.05) is 31.2 Å². The molecule has 1 fully saturated rings. The number of hydrogen-bond donors (Lipinski definition) is 1. The quantitative estimate of drug-likeness (QED) is 0.862. The first-order valence-electron chi connectivity index (χ1n) is 8.38. The summed E-state index contributed by atoms with van der Waals surface area (Å²) in [4.78, 5) is 31.9. The molecule has 0 spiro atoms. The summed E-state index contributed by atoms with van der Waals surface area (Å²) in [6.45, 7) is 3.95. The van der Waals surface area contributed by atoms with Gasteiger partial charge in [0.15, 0.2) is 5.13 Å². The molecule has 0 unspecified atom stereocenters. The van der Waals surface area contributed by atoms with E-state index in [0.717, 1.165) is 12.0 Å². The molecule has 0 radical (unpaired) electrons. The summed E-state index contributed by atoms with van der Waals surface area (Å²) in [5.41, 5.74) is 3.11. The van der Waals surface area contributed by atoms with Crippen molar-refractivity contribution >= 4 is 28.4 Å². The van der Waals surface area contributed by atoms with Gasteiger partial charge in [0.25, 0.3) is 0 Å². The zero-order valence-corrected chi connectivity index (χ0v) is 15.3. The number of benzene rings is 1. The number of anilines is 1. The van der Waals surface area contributed by atoms with Crippen LogP contribution in [-0.2, 0) is 24.2 Å². The number of urea groups is 1. The monoisotopic (exact) mass is 358 g/mol. The first-order chi connectivity index (χ1) is 12.1. The van der Waals surface area contributed by atoms with E-state index < -0.39 is 0 Å². The van der Waals surface area contributed by atoms with Crippen LogP contribution in [0.3, 0.4) is 0 Å². The smallest absolute Gasteiger partial charge is 0.323 e. The highest BCUT2D eigenvalue weighted by atomic mass is 32.1. The molecule has 1 N–H and O–H groups in total. The van der Waals surface area contributed by atoms with Crippen molar-refractivity contribution < 1.29 is 9.59 Å². The van der Waals surface area contributed by atoms with Gasteiger partial charge in [-0.25, -0.2) is 9.78 Å². The number of amides is 3. The lowest BCUT2D eigenvalue weighted by atomic mass is 10.1. The average Bonchev–Trinajstić information content (AvgIpc) is 3.24. The number of nitrogens with zero attached hydrogens (tertiary/aromatic N) is 3. The van der Waals surface area contributed by atoms with E-state index in [2.05, 4.69) is 41.5 Å². The Morgan fingerprint density at radius 1 is 1.32 bits per heavy atom. The van der Waals surface area contributed by atoms with Crippen molar-refractivity contribution in [2.75, 3.05) is 25.0 Å². The van der Waals surface area contributed by atoms with Crippen molar-refractivity contribution in [3.8, 4) is 0 Å². The normalized spacial score (nSPS) is 13.8. The summed E-state index contributed by atoms with van der Waals surface area (Å²) >= 11 is 1.40. The maximum atomic E-state index is 12.4. The van der Waals surface area contributed by atoms with Crippen LogP contribution in [0.15, 0.2) is 29.6 Å². The van der Waals surface area contributed by atoms with Gasteiger partial charge in [-0.3, -0.25) is 9.69 Å². The lowest BCUT2D eigenvalue weighted by molar-refractivity contribution is -0.129. The molecule has 0 atom stereocenters. The van der Waals surface area contributed by atoms with Gasteiger partial charge >= 0.3 is 6.03 Å². The molecule has 0 saturated carbocycles. The predicted octanol–water partition coefficient (Wildman–Crippen LogP) is 2.44. The topological polar surface area (TPSA) is 65.5 Å². The van der Waals surface area contributed by atoms with E-state index in [9.17, 15) is 9.59 Å². The Morgan fingerprint density at radius 2 is 2.04 bits per heavy atom. The second-order valence-corrected chi connectivity index (χ2v) is 6.94. The summed E-state index contributed by atoms with van der Waals surface area (Å²) < 4.78 is 0. The minimum Gasteiger partial charge on any atom is -0.341 e. The fourth-order valence-corrected chi connectivity index (χ4v) is 3.54. The fraction of sp³-hybridized carbons (Fsp3) is 0.389. The molecule has 7 heteroatoms. The number of aromatic nitrogens is 1. The van der Waals surface area contributed by atoms with Crippen LogP contribution in [0, 0.1) is 0 Å². The van der Waals surface area contributed by atoms with Crippen molar-refractivity contribution in [1.29, 1.82) is 0 Å². The van der Waals surface area contributed by atoms with Gasteiger partial charge in [0.1, 0.15) is 0 Å². The summed E-state index contributed by atoms with van der Waals surface area (Å²) in [7, 11) is 1.80. The van der Waals surface area contributed by atoms with Crippen molar-refractivity contribution in [1.82, 2.24) is 15.2 Å². The molecule has 1 saturated heterocycles. The van der Waals surface area contributed by atoms with Crippen molar-refractivity contribution in [2.24, 2.45) is 0 Å². The third kappa shape index (κ3) is 4.17. The van der Waals surface area contributed by atoms with Crippen LogP contribution >= 0.6 is 11.3 Å². The van der Waals surface area contributed by atoms with Crippen LogP contribution < -0.4 is 10.2 Å². The second kappa shape index (κ2) is 7.65. The van der Waals surface area contributed by atoms with Gasteiger partial charge in [-0.2, -0.15) is 0 Å². The highest BCUT2D eigenvalue weighted by molar-refractivity contribution is 7.14. The van der Waals surface area contributed by atoms with Crippen LogP contribution in [0.25, 0.3) is 0 Å². The molecular weight excluding hydrogens is 336 g/mol. The molecular formula is C18H22N4O2S. The van der Waals surface area contributed by atoms with Gasteiger partial charge in [0.05, 0.1) is 12.1 Å². The molecule has 0 bridgehead atoms. The maximum absolute atomic E-state index is 12.4. The Kier molecular flexibility index (Phi) is 5.33. The Labute approximate surface area is 151 Å². The summed E-state index contributed by atoms with van der Waals surface area (Å²) in [5, 5.41) is 5.25. The van der Waals surface area contributed by atoms with Crippen LogP contribution in [0.1, 0.15) is 23.7 Å². The lowest BCUT2D eigenvalue weighted by Crippen LogP contribution is -2.28. The molecule has 3 amide bonds. The number of carbonyl (C=O) groups is 2. The van der Waals surface area contributed by atoms with Gasteiger partial charge < -0.3 is 10.2 Å². The Bertz CT molecular complexity index is 757. The van der Waals surface area contributed by atoms with Gasteiger partial charge in [0.2, 0.25) is 5.91 Å². The third-order valence-corrected chi connectivity index (χ3v) is 5.15. The minimum atomic E-state index is -0.125. The van der Waals surface area contributed by atoms with Crippen molar-refractivity contribution in [3.63, 3.8) is 0 Å². The SMILES string of the molecule is CCc1ccc(CN(C)C(=O)Cc2csc(N3CCNC3=O)n2)cc1. The van der Waals surface area contributed by atoms with Gasteiger partial charge in [0, 0.05) is 32.1 Å². The molecule has 0 aliphatic carbocycles. The number of carbonyl (C=O) groups excluding carboxylic acids is 2. The third-order valence-electron chi connectivity index (χ3n) is 4.24. The highest BCUT2D eigenvalue weighted by Gasteiger charge is 2.24. The Morgan fingerprint density at radius 3 is 2.68 bits per heavy atom. The standard InChI is InChI=1S/C18H22N4O2S/c1-3-13-4-6-14(7-5-13)11-21(2)16(23)10-15-12-25-18(20-15)22-9-8-19-17(22)24/h4-7,12H,3,8-11H2,1-2H3,(H,19,24). The maximum Gasteiger partial charge on any atom is 0.323 e. The van der Waals surface area contributed by atoms with Gasteiger partial charge in [-0.15, -0.1) is 11.3 Å². The predicted molar refractivity (Wildman–Crippen MR) is 98.9 cm³/mol. The van der Waals surface area contributed by atoms with E-state index in [-0.39, 0.29) is 18.4 Å². The van der Waals surface area contributed by atoms with Crippen molar-refractivity contribution in [3.05, 3.63) is 46.5 Å². The first-order valence-corrected chi connectivity index (χ1v) is 9.26. The van der Waals surface area contributed by atoms with E-state index in [1.807, 2.05) is 5.38 Å². The Balaban J connectivity index is 1.57. The summed E-state index contributed by atoms with van der Waals surface area (Å²) in [6.07, 6.45) is 1.26. The van der Waals surface area contributed by atoms with E-state index in [1.165, 1.54) is 16.9 Å². The molecule has 3 rings (SSSR count). The number of aryl methyl sites for hydroxylation is 1. The fourth-order valence-electron chi connectivity index (χ4n) is 2.69. The van der Waals surface area contributed by atoms with Crippen LogP contribution in [-0.4, -0.2) is 42.0 Å². The number of nitrogens with one attached hydrogen (secondary N) is 1. The number of rotatable bonds is 6. The first kappa shape index (κ1) is 17.4. The largest absolute Gasteiger partial charge is 0.341 e. The average molecular weight is 358 g/mol. The van der Waals surface area contributed by atoms with Crippen molar-refractivity contribution in [2.45, 2.75) is 26.3 Å². The molecule has 2 aromatic rings. The minimum absolute atomic E-state index is 0.0160. The molecule has 1 aliphatic heterocycles. The number of likely N-dealkylation sites (N-methyl/N-ethyl adjacent to an activating group) is 1. The zero-order chi connectivity index (χ0) is 17.8. The highest BCUT2D eigenvalue weighted by Crippen LogP contribution is 2.22. The zero-order valence-electron chi connectivity index (χ0n) is 14.5. The van der Waals surface area contributed by atoms with Crippen LogP contribution in [0.5, 0.6) is 0 Å². The molecule has 1 aromatic heterocycles. The molecule has 1 aliphatic rings. The number of thiazole rings is 1. The molecule has 25 heavy (non-hydrogen) atoms. The summed E-state index contributed by atoms with van der Waals surface area (Å²) in [6, 6.07) is 8.20. The van der Waals surface area contributed by atoms with Crippen LogP contribution in [0.2, 0.25) is 0 Å². The van der Waals surface area contributed by atoms with E-state index in [0.29, 0.717) is 30.5 Å². The molecule has 132 valence electrons. The van der Waals surface area contributed by atoms with E-state index in [4.69, 9.17) is 0 Å². The van der Waals surface area contributed by atoms with Gasteiger partial charge in [-0.05, 0) is 17.5 Å². The van der Waals surface area contributed by atoms with Crippen LogP contribution in [0.4, 0.5) is 9.93 Å². The van der Waals surface area contributed by atoms with E-state index in [1.54, 1.807) is 16.8 Å². The summed E-state index contributed by atoms with van der Waals surface area (Å²) in [5.74, 6) is 0.0160. The molecule has 1 aromatic carbocycles. The van der Waals surface area contributed by atoms with E-state index >= 15 is 0 Å². The molecule has 2 heterocycles. The molecule has 6 nitrogen and oxygen atoms in total. The Hall–Kier alpha value is -2.41. The number of hydrogen-bond acceptors (Lipinski definition) is 4.